The van der Waals surface area contributed by atoms with Crippen molar-refractivity contribution in [3.63, 3.8) is 0 Å². The molecule has 92 valence electrons. The van der Waals surface area contributed by atoms with Gasteiger partial charge in [0.1, 0.15) is 5.82 Å². The van der Waals surface area contributed by atoms with Crippen molar-refractivity contribution in [2.75, 3.05) is 0 Å². The fraction of sp³-hybridized carbons (Fsp3) is 0.417. The van der Waals surface area contributed by atoms with Crippen molar-refractivity contribution < 1.29 is 14.3 Å². The van der Waals surface area contributed by atoms with Crippen LogP contribution >= 0.6 is 27.5 Å². The fourth-order valence-electron chi connectivity index (χ4n) is 2.52. The second kappa shape index (κ2) is 4.58. The zero-order chi connectivity index (χ0) is 12.6. The Morgan fingerprint density at radius 3 is 2.53 bits per heavy atom. The van der Waals surface area contributed by atoms with Gasteiger partial charge in [-0.15, -0.1) is 0 Å². The Kier molecular flexibility index (Phi) is 3.46. The Hall–Kier alpha value is -0.610. The largest absolute Gasteiger partial charge is 0.481 e. The zero-order valence-electron chi connectivity index (χ0n) is 8.97. The summed E-state index contributed by atoms with van der Waals surface area (Å²) in [4.78, 5) is 11.5. The van der Waals surface area contributed by atoms with Crippen LogP contribution in [0, 0.1) is 5.82 Å². The summed E-state index contributed by atoms with van der Waals surface area (Å²) in [5.74, 6) is -1.48. The average Bonchev–Trinajstić information content (AvgIpc) is 2.74. The van der Waals surface area contributed by atoms with Gasteiger partial charge in [-0.3, -0.25) is 4.79 Å². The van der Waals surface area contributed by atoms with E-state index in [1.165, 1.54) is 12.1 Å². The van der Waals surface area contributed by atoms with Gasteiger partial charge in [-0.05, 0) is 40.9 Å². The highest BCUT2D eigenvalue weighted by molar-refractivity contribution is 9.10. The number of carboxylic acid groups (broad SMARTS) is 1. The molecule has 1 fully saturated rings. The molecule has 0 heterocycles. The number of hydrogen-bond acceptors (Lipinski definition) is 1. The second-order valence-corrected chi connectivity index (χ2v) is 5.51. The van der Waals surface area contributed by atoms with Gasteiger partial charge in [0.15, 0.2) is 0 Å². The van der Waals surface area contributed by atoms with Crippen molar-refractivity contribution in [3.8, 4) is 0 Å². The minimum absolute atomic E-state index is 0.190. The number of rotatable bonds is 2. The molecule has 1 aromatic carbocycles. The van der Waals surface area contributed by atoms with Gasteiger partial charge < -0.3 is 5.11 Å². The summed E-state index contributed by atoms with van der Waals surface area (Å²) in [5, 5.41) is 9.77. The van der Waals surface area contributed by atoms with E-state index in [-0.39, 0.29) is 5.56 Å². The van der Waals surface area contributed by atoms with Crippen molar-refractivity contribution in [2.24, 2.45) is 0 Å². The van der Waals surface area contributed by atoms with E-state index < -0.39 is 17.2 Å². The SMILES string of the molecule is O=C(O)C1(c2c(F)ccc(Cl)c2Br)CCCC1. The molecule has 17 heavy (non-hydrogen) atoms. The molecule has 0 radical (unpaired) electrons. The van der Waals surface area contributed by atoms with Gasteiger partial charge in [0, 0.05) is 10.0 Å². The molecule has 0 aliphatic heterocycles. The van der Waals surface area contributed by atoms with E-state index in [2.05, 4.69) is 15.9 Å². The minimum atomic E-state index is -1.13. The van der Waals surface area contributed by atoms with E-state index >= 15 is 0 Å². The van der Waals surface area contributed by atoms with Gasteiger partial charge >= 0.3 is 5.97 Å². The number of aliphatic carboxylic acids is 1. The van der Waals surface area contributed by atoms with Crippen LogP contribution in [0.25, 0.3) is 0 Å². The Morgan fingerprint density at radius 1 is 1.41 bits per heavy atom. The van der Waals surface area contributed by atoms with Crippen LogP contribution in [0.3, 0.4) is 0 Å². The molecule has 1 aliphatic carbocycles. The molecule has 1 N–H and O–H groups in total. The maximum Gasteiger partial charge on any atom is 0.314 e. The molecule has 5 heteroatoms. The maximum absolute atomic E-state index is 13.9. The molecule has 0 saturated heterocycles. The van der Waals surface area contributed by atoms with Gasteiger partial charge in [0.05, 0.1) is 10.4 Å². The third-order valence-electron chi connectivity index (χ3n) is 3.39. The number of benzene rings is 1. The van der Waals surface area contributed by atoms with Crippen LogP contribution in [0.5, 0.6) is 0 Å². The highest BCUT2D eigenvalue weighted by Crippen LogP contribution is 2.46. The van der Waals surface area contributed by atoms with E-state index in [1.807, 2.05) is 0 Å². The first kappa shape index (κ1) is 12.8. The number of halogens is 3. The van der Waals surface area contributed by atoms with E-state index in [0.29, 0.717) is 22.3 Å². The molecule has 2 rings (SSSR count). The van der Waals surface area contributed by atoms with Crippen molar-refractivity contribution in [1.82, 2.24) is 0 Å². The van der Waals surface area contributed by atoms with Crippen LogP contribution in [-0.4, -0.2) is 11.1 Å². The summed E-state index contributed by atoms with van der Waals surface area (Å²) in [6.07, 6.45) is 2.51. The first-order valence-electron chi connectivity index (χ1n) is 5.36. The van der Waals surface area contributed by atoms with Crippen LogP contribution in [-0.2, 0) is 10.2 Å². The van der Waals surface area contributed by atoms with Crippen molar-refractivity contribution in [2.45, 2.75) is 31.1 Å². The number of carbonyl (C=O) groups is 1. The van der Waals surface area contributed by atoms with E-state index in [0.717, 1.165) is 12.8 Å². The standard InChI is InChI=1S/C12H11BrClFO2/c13-10-7(14)3-4-8(15)9(10)12(11(16)17)5-1-2-6-12/h3-4H,1-2,5-6H2,(H,16,17). The lowest BCUT2D eigenvalue weighted by Crippen LogP contribution is -2.34. The lowest BCUT2D eigenvalue weighted by molar-refractivity contribution is -0.143. The van der Waals surface area contributed by atoms with Gasteiger partial charge in [0.2, 0.25) is 0 Å². The summed E-state index contributed by atoms with van der Waals surface area (Å²) in [6, 6.07) is 2.65. The molecule has 2 nitrogen and oxygen atoms in total. The molecule has 1 aliphatic rings. The van der Waals surface area contributed by atoms with Crippen LogP contribution in [0.2, 0.25) is 5.02 Å². The van der Waals surface area contributed by atoms with Crippen LogP contribution in [0.4, 0.5) is 4.39 Å². The highest BCUT2D eigenvalue weighted by Gasteiger charge is 2.46. The quantitative estimate of drug-likeness (QED) is 0.831. The van der Waals surface area contributed by atoms with E-state index in [9.17, 15) is 14.3 Å². The van der Waals surface area contributed by atoms with Crippen molar-refractivity contribution in [3.05, 3.63) is 33.0 Å². The van der Waals surface area contributed by atoms with Gasteiger partial charge in [-0.1, -0.05) is 24.4 Å². The lowest BCUT2D eigenvalue weighted by atomic mass is 9.78. The molecule has 1 aromatic rings. The third kappa shape index (κ3) is 1.97. The van der Waals surface area contributed by atoms with Gasteiger partial charge in [-0.25, -0.2) is 4.39 Å². The Labute approximate surface area is 112 Å². The molecule has 0 unspecified atom stereocenters. The first-order chi connectivity index (χ1) is 7.99. The maximum atomic E-state index is 13.9. The van der Waals surface area contributed by atoms with E-state index in [4.69, 9.17) is 11.6 Å². The number of carboxylic acids is 1. The third-order valence-corrected chi connectivity index (χ3v) is 4.76. The molecule has 0 amide bonds. The summed E-state index contributed by atoms with van der Waals surface area (Å²) in [5.41, 5.74) is -0.941. The molecular formula is C12H11BrClFO2. The number of hydrogen-bond donors (Lipinski definition) is 1. The summed E-state index contributed by atoms with van der Waals surface area (Å²) < 4.78 is 14.3. The van der Waals surface area contributed by atoms with E-state index in [1.54, 1.807) is 0 Å². The fourth-order valence-corrected chi connectivity index (χ4v) is 3.37. The summed E-state index contributed by atoms with van der Waals surface area (Å²) in [6.45, 7) is 0. The normalized spacial score (nSPS) is 18.3. The predicted octanol–water partition coefficient (Wildman–Crippen LogP) is 4.14. The molecule has 0 bridgehead atoms. The molecule has 0 aromatic heterocycles. The summed E-state index contributed by atoms with van der Waals surface area (Å²) in [7, 11) is 0. The Bertz CT molecular complexity index is 470. The van der Waals surface area contributed by atoms with Crippen LogP contribution in [0.15, 0.2) is 16.6 Å². The van der Waals surface area contributed by atoms with Crippen LogP contribution < -0.4 is 0 Å². The smallest absolute Gasteiger partial charge is 0.314 e. The Morgan fingerprint density at radius 2 is 2.00 bits per heavy atom. The summed E-state index contributed by atoms with van der Waals surface area (Å²) >= 11 is 9.13. The van der Waals surface area contributed by atoms with Crippen molar-refractivity contribution in [1.29, 1.82) is 0 Å². The molecule has 1 saturated carbocycles. The molecule has 0 spiro atoms. The van der Waals surface area contributed by atoms with Crippen LogP contribution in [0.1, 0.15) is 31.2 Å². The highest BCUT2D eigenvalue weighted by atomic mass is 79.9. The predicted molar refractivity (Wildman–Crippen MR) is 66.9 cm³/mol. The first-order valence-corrected chi connectivity index (χ1v) is 6.53. The van der Waals surface area contributed by atoms with Gasteiger partial charge in [0.25, 0.3) is 0 Å². The molecular weight excluding hydrogens is 310 g/mol. The lowest BCUT2D eigenvalue weighted by Gasteiger charge is -2.26. The monoisotopic (exact) mass is 320 g/mol. The minimum Gasteiger partial charge on any atom is -0.481 e. The van der Waals surface area contributed by atoms with Gasteiger partial charge in [-0.2, -0.15) is 0 Å². The molecule has 0 atom stereocenters. The Balaban J connectivity index is 2.66. The average molecular weight is 322 g/mol. The second-order valence-electron chi connectivity index (χ2n) is 4.31. The van der Waals surface area contributed by atoms with Crippen molar-refractivity contribution >= 4 is 33.5 Å². The zero-order valence-corrected chi connectivity index (χ0v) is 11.3. The topological polar surface area (TPSA) is 37.3 Å².